The number of aryl methyl sites for hydroxylation is 1. The van der Waals surface area contributed by atoms with E-state index in [9.17, 15) is 4.79 Å². The Morgan fingerprint density at radius 3 is 2.96 bits per heavy atom. The van der Waals surface area contributed by atoms with E-state index in [-0.39, 0.29) is 5.91 Å². The number of hydrogen-bond donors (Lipinski definition) is 1. The maximum Gasteiger partial charge on any atom is 0.220 e. The van der Waals surface area contributed by atoms with Crippen molar-refractivity contribution in [1.82, 2.24) is 10.3 Å². The zero-order valence-electron chi connectivity index (χ0n) is 14.5. The minimum absolute atomic E-state index is 0.0172. The van der Waals surface area contributed by atoms with Crippen LogP contribution in [0.3, 0.4) is 0 Å². The molecule has 0 spiro atoms. The van der Waals surface area contributed by atoms with Crippen molar-refractivity contribution in [3.8, 4) is 11.3 Å². The number of benzene rings is 1. The standard InChI is InChI=1S/C19H22Cl2N2O3/c20-14-4-5-15(16(21)10-14)17-11-23-19(26-17)7-6-18(24)22-8-1-9-25-12-13-2-3-13/h4-5,10-11,13H,1-3,6-9,12H2,(H,22,24). The van der Waals surface area contributed by atoms with Gasteiger partial charge in [-0.05, 0) is 43.4 Å². The van der Waals surface area contributed by atoms with Gasteiger partial charge in [-0.25, -0.2) is 4.98 Å². The highest BCUT2D eigenvalue weighted by molar-refractivity contribution is 6.36. The Morgan fingerprint density at radius 1 is 1.35 bits per heavy atom. The van der Waals surface area contributed by atoms with E-state index in [0.717, 1.165) is 24.5 Å². The van der Waals surface area contributed by atoms with E-state index in [2.05, 4.69) is 10.3 Å². The molecule has 0 saturated heterocycles. The van der Waals surface area contributed by atoms with Gasteiger partial charge < -0.3 is 14.5 Å². The Kier molecular flexibility index (Phi) is 6.94. The summed E-state index contributed by atoms with van der Waals surface area (Å²) in [4.78, 5) is 16.1. The number of hydrogen-bond acceptors (Lipinski definition) is 4. The zero-order valence-corrected chi connectivity index (χ0v) is 16.0. The minimum Gasteiger partial charge on any atom is -0.441 e. The van der Waals surface area contributed by atoms with Crippen molar-refractivity contribution in [2.75, 3.05) is 19.8 Å². The molecular formula is C19H22Cl2N2O3. The fourth-order valence-corrected chi connectivity index (χ4v) is 2.99. The normalized spacial score (nSPS) is 13.8. The molecule has 0 bridgehead atoms. The first-order valence-electron chi connectivity index (χ1n) is 8.86. The fourth-order valence-electron chi connectivity index (χ4n) is 2.49. The Labute approximate surface area is 163 Å². The molecular weight excluding hydrogens is 375 g/mol. The molecule has 1 aliphatic carbocycles. The summed E-state index contributed by atoms with van der Waals surface area (Å²) in [7, 11) is 0. The van der Waals surface area contributed by atoms with Crippen LogP contribution in [0.2, 0.25) is 10.0 Å². The summed E-state index contributed by atoms with van der Waals surface area (Å²) in [6.45, 7) is 2.18. The summed E-state index contributed by atoms with van der Waals surface area (Å²) in [5, 5.41) is 3.95. The summed E-state index contributed by atoms with van der Waals surface area (Å²) in [6.07, 6.45) is 5.80. The molecule has 0 unspecified atom stereocenters. The molecule has 3 rings (SSSR count). The number of nitrogens with zero attached hydrogens (tertiary/aromatic N) is 1. The number of nitrogens with one attached hydrogen (secondary N) is 1. The van der Waals surface area contributed by atoms with Crippen LogP contribution in [0.15, 0.2) is 28.8 Å². The average Bonchev–Trinajstić information content (AvgIpc) is 3.32. The van der Waals surface area contributed by atoms with Crippen molar-refractivity contribution in [3.63, 3.8) is 0 Å². The topological polar surface area (TPSA) is 64.4 Å². The van der Waals surface area contributed by atoms with Crippen LogP contribution in [-0.4, -0.2) is 30.6 Å². The largest absolute Gasteiger partial charge is 0.441 e. The van der Waals surface area contributed by atoms with Gasteiger partial charge >= 0.3 is 0 Å². The molecule has 1 aromatic heterocycles. The SMILES string of the molecule is O=C(CCc1ncc(-c2ccc(Cl)cc2Cl)o1)NCCCOCC1CC1. The lowest BCUT2D eigenvalue weighted by molar-refractivity contribution is -0.121. The van der Waals surface area contributed by atoms with Gasteiger partial charge in [-0.2, -0.15) is 0 Å². The van der Waals surface area contributed by atoms with Crippen LogP contribution in [0.1, 0.15) is 31.6 Å². The van der Waals surface area contributed by atoms with Crippen molar-refractivity contribution in [1.29, 1.82) is 0 Å². The molecule has 1 aromatic carbocycles. The van der Waals surface area contributed by atoms with Crippen LogP contribution >= 0.6 is 23.2 Å². The maximum atomic E-state index is 11.9. The summed E-state index contributed by atoms with van der Waals surface area (Å²) in [5.74, 6) is 1.83. The predicted octanol–water partition coefficient (Wildman–Crippen LogP) is 4.51. The molecule has 2 aromatic rings. The van der Waals surface area contributed by atoms with Gasteiger partial charge in [0.05, 0.1) is 11.2 Å². The minimum atomic E-state index is -0.0172. The van der Waals surface area contributed by atoms with E-state index >= 15 is 0 Å². The second kappa shape index (κ2) is 9.40. The van der Waals surface area contributed by atoms with Crippen LogP contribution in [0.5, 0.6) is 0 Å². The summed E-state index contributed by atoms with van der Waals surface area (Å²) in [5.41, 5.74) is 0.727. The third-order valence-corrected chi connectivity index (χ3v) is 4.70. The van der Waals surface area contributed by atoms with Gasteiger partial charge in [0.2, 0.25) is 5.91 Å². The van der Waals surface area contributed by atoms with Gasteiger partial charge in [-0.1, -0.05) is 23.2 Å². The summed E-state index contributed by atoms with van der Waals surface area (Å²) in [6, 6.07) is 5.18. The third-order valence-electron chi connectivity index (χ3n) is 4.15. The number of amides is 1. The first-order chi connectivity index (χ1) is 12.6. The van der Waals surface area contributed by atoms with E-state index < -0.39 is 0 Å². The van der Waals surface area contributed by atoms with Crippen molar-refractivity contribution in [2.45, 2.75) is 32.1 Å². The zero-order chi connectivity index (χ0) is 18.4. The van der Waals surface area contributed by atoms with Crippen molar-refractivity contribution < 1.29 is 13.9 Å². The lowest BCUT2D eigenvalue weighted by atomic mass is 10.2. The molecule has 7 heteroatoms. The molecule has 1 fully saturated rings. The van der Waals surface area contributed by atoms with E-state index in [1.54, 1.807) is 24.4 Å². The highest BCUT2D eigenvalue weighted by Crippen LogP contribution is 2.31. The molecule has 0 aliphatic heterocycles. The van der Waals surface area contributed by atoms with Crippen LogP contribution in [0.4, 0.5) is 0 Å². The summed E-state index contributed by atoms with van der Waals surface area (Å²) >= 11 is 12.1. The first-order valence-corrected chi connectivity index (χ1v) is 9.62. The highest BCUT2D eigenvalue weighted by Gasteiger charge is 2.20. The van der Waals surface area contributed by atoms with Gasteiger partial charge in [-0.3, -0.25) is 4.79 Å². The van der Waals surface area contributed by atoms with Crippen LogP contribution in [0.25, 0.3) is 11.3 Å². The Bertz CT molecular complexity index is 744. The number of carbonyl (C=O) groups is 1. The molecule has 140 valence electrons. The van der Waals surface area contributed by atoms with Gasteiger partial charge in [0, 0.05) is 43.2 Å². The molecule has 5 nitrogen and oxygen atoms in total. The molecule has 0 atom stereocenters. The predicted molar refractivity (Wildman–Crippen MR) is 101 cm³/mol. The molecule has 1 aliphatic rings. The summed E-state index contributed by atoms with van der Waals surface area (Å²) < 4.78 is 11.2. The number of carbonyl (C=O) groups excluding carboxylic acids is 1. The molecule has 1 saturated carbocycles. The van der Waals surface area contributed by atoms with Gasteiger partial charge in [-0.15, -0.1) is 0 Å². The van der Waals surface area contributed by atoms with Gasteiger partial charge in [0.15, 0.2) is 11.7 Å². The van der Waals surface area contributed by atoms with Crippen LogP contribution < -0.4 is 5.32 Å². The third kappa shape index (κ3) is 6.01. The van der Waals surface area contributed by atoms with Gasteiger partial charge in [0.25, 0.3) is 0 Å². The second-order valence-electron chi connectivity index (χ2n) is 6.46. The van der Waals surface area contributed by atoms with E-state index in [4.69, 9.17) is 32.4 Å². The number of halogens is 2. The first kappa shape index (κ1) is 19.2. The molecule has 1 N–H and O–H groups in total. The fraction of sp³-hybridized carbons (Fsp3) is 0.474. The molecule has 1 heterocycles. The Balaban J connectivity index is 1.36. The average molecular weight is 397 g/mol. The van der Waals surface area contributed by atoms with E-state index in [1.165, 1.54) is 12.8 Å². The quantitative estimate of drug-likeness (QED) is 0.599. The highest BCUT2D eigenvalue weighted by atomic mass is 35.5. The number of ether oxygens (including phenoxy) is 1. The van der Waals surface area contributed by atoms with Crippen molar-refractivity contribution in [3.05, 3.63) is 40.3 Å². The van der Waals surface area contributed by atoms with E-state index in [1.807, 2.05) is 0 Å². The lowest BCUT2D eigenvalue weighted by Gasteiger charge is -2.05. The monoisotopic (exact) mass is 396 g/mol. The Morgan fingerprint density at radius 2 is 2.19 bits per heavy atom. The molecule has 1 amide bonds. The lowest BCUT2D eigenvalue weighted by Crippen LogP contribution is -2.25. The van der Waals surface area contributed by atoms with Crippen molar-refractivity contribution in [2.24, 2.45) is 5.92 Å². The smallest absolute Gasteiger partial charge is 0.220 e. The Hall–Kier alpha value is -1.56. The maximum absolute atomic E-state index is 11.9. The number of rotatable bonds is 10. The van der Waals surface area contributed by atoms with Crippen molar-refractivity contribution >= 4 is 29.1 Å². The number of oxazole rings is 1. The number of aromatic nitrogens is 1. The van der Waals surface area contributed by atoms with Crippen LogP contribution in [0, 0.1) is 5.92 Å². The van der Waals surface area contributed by atoms with E-state index in [0.29, 0.717) is 47.7 Å². The van der Waals surface area contributed by atoms with Gasteiger partial charge in [0.1, 0.15) is 0 Å². The molecule has 0 radical (unpaired) electrons. The van der Waals surface area contributed by atoms with Crippen LogP contribution in [-0.2, 0) is 16.0 Å². The molecule has 26 heavy (non-hydrogen) atoms. The second-order valence-corrected chi connectivity index (χ2v) is 7.31.